The minimum absolute atomic E-state index is 0.0237. The van der Waals surface area contributed by atoms with Crippen LogP contribution in [-0.4, -0.2) is 36.3 Å². The summed E-state index contributed by atoms with van der Waals surface area (Å²) in [5.41, 5.74) is 0. The van der Waals surface area contributed by atoms with Crippen LogP contribution in [0.15, 0.2) is 12.7 Å². The average Bonchev–Trinajstić information content (AvgIpc) is 2.10. The van der Waals surface area contributed by atoms with Crippen molar-refractivity contribution >= 4 is 11.8 Å². The Hall–Kier alpha value is -1.32. The Morgan fingerprint density at radius 2 is 2.07 bits per heavy atom. The molecule has 0 bridgehead atoms. The van der Waals surface area contributed by atoms with Crippen molar-refractivity contribution in [1.82, 2.24) is 10.2 Å². The van der Waals surface area contributed by atoms with Crippen LogP contribution in [-0.2, 0) is 9.59 Å². The van der Waals surface area contributed by atoms with Gasteiger partial charge in [-0.05, 0) is 6.42 Å². The molecule has 0 rings (SSSR count). The van der Waals surface area contributed by atoms with E-state index in [9.17, 15) is 9.59 Å². The standard InChI is InChI=1S/C10H18N2O2/c1-5-10(11-8(2)13)6-7-12(4)9(3)14/h5,10H,1,6-7H2,2-4H3,(H,11,13). The minimum atomic E-state index is -0.0830. The maximum Gasteiger partial charge on any atom is 0.219 e. The minimum Gasteiger partial charge on any atom is -0.350 e. The quantitative estimate of drug-likeness (QED) is 0.656. The van der Waals surface area contributed by atoms with Crippen molar-refractivity contribution in [2.45, 2.75) is 26.3 Å². The highest BCUT2D eigenvalue weighted by Gasteiger charge is 2.08. The predicted octanol–water partition coefficient (Wildman–Crippen LogP) is 0.545. The molecule has 0 fully saturated rings. The molecule has 80 valence electrons. The number of nitrogens with zero attached hydrogens (tertiary/aromatic N) is 1. The van der Waals surface area contributed by atoms with E-state index in [0.29, 0.717) is 13.0 Å². The van der Waals surface area contributed by atoms with E-state index in [4.69, 9.17) is 0 Å². The molecule has 0 saturated heterocycles. The number of hydrogen-bond acceptors (Lipinski definition) is 2. The van der Waals surface area contributed by atoms with Gasteiger partial charge in [0.05, 0.1) is 0 Å². The summed E-state index contributed by atoms with van der Waals surface area (Å²) in [6.07, 6.45) is 2.37. The largest absolute Gasteiger partial charge is 0.350 e. The van der Waals surface area contributed by atoms with Gasteiger partial charge in [-0.3, -0.25) is 9.59 Å². The zero-order valence-corrected chi connectivity index (χ0v) is 9.04. The molecule has 1 unspecified atom stereocenters. The van der Waals surface area contributed by atoms with Crippen molar-refractivity contribution in [2.24, 2.45) is 0 Å². The lowest BCUT2D eigenvalue weighted by Gasteiger charge is -2.18. The van der Waals surface area contributed by atoms with E-state index in [1.165, 1.54) is 13.8 Å². The highest BCUT2D eigenvalue weighted by molar-refractivity contribution is 5.73. The first-order valence-electron chi connectivity index (χ1n) is 4.58. The van der Waals surface area contributed by atoms with Crippen molar-refractivity contribution < 1.29 is 9.59 Å². The summed E-state index contributed by atoms with van der Waals surface area (Å²) in [7, 11) is 1.73. The van der Waals surface area contributed by atoms with Gasteiger partial charge < -0.3 is 10.2 Å². The van der Waals surface area contributed by atoms with Gasteiger partial charge in [0, 0.05) is 33.5 Å². The van der Waals surface area contributed by atoms with Gasteiger partial charge >= 0.3 is 0 Å². The molecule has 0 radical (unpaired) electrons. The van der Waals surface area contributed by atoms with Gasteiger partial charge in [0.25, 0.3) is 0 Å². The Bertz CT molecular complexity index is 226. The van der Waals surface area contributed by atoms with Crippen LogP contribution in [0.25, 0.3) is 0 Å². The molecule has 4 heteroatoms. The second-order valence-corrected chi connectivity index (χ2v) is 3.27. The molecule has 0 spiro atoms. The molecule has 1 N–H and O–H groups in total. The number of rotatable bonds is 5. The van der Waals surface area contributed by atoms with Crippen LogP contribution >= 0.6 is 0 Å². The summed E-state index contributed by atoms with van der Waals surface area (Å²) in [6.45, 7) is 7.21. The molecule has 0 heterocycles. The van der Waals surface area contributed by atoms with Crippen LogP contribution in [0.2, 0.25) is 0 Å². The van der Waals surface area contributed by atoms with E-state index in [2.05, 4.69) is 11.9 Å². The van der Waals surface area contributed by atoms with Crippen LogP contribution in [0.3, 0.4) is 0 Å². The molecule has 4 nitrogen and oxygen atoms in total. The molecule has 0 aromatic rings. The van der Waals surface area contributed by atoms with Crippen molar-refractivity contribution in [1.29, 1.82) is 0 Å². The number of carbonyl (C=O) groups excluding carboxylic acids is 2. The zero-order chi connectivity index (χ0) is 11.1. The van der Waals surface area contributed by atoms with Gasteiger partial charge in [-0.2, -0.15) is 0 Å². The molecule has 0 aliphatic heterocycles. The van der Waals surface area contributed by atoms with Crippen LogP contribution in [0.1, 0.15) is 20.3 Å². The van der Waals surface area contributed by atoms with Gasteiger partial charge in [-0.15, -0.1) is 6.58 Å². The van der Waals surface area contributed by atoms with Crippen LogP contribution in [0.4, 0.5) is 0 Å². The summed E-state index contributed by atoms with van der Waals surface area (Å²) in [5.74, 6) is -0.0592. The van der Waals surface area contributed by atoms with Crippen molar-refractivity contribution in [3.05, 3.63) is 12.7 Å². The second-order valence-electron chi connectivity index (χ2n) is 3.27. The summed E-state index contributed by atoms with van der Waals surface area (Å²) in [5, 5.41) is 2.73. The van der Waals surface area contributed by atoms with E-state index >= 15 is 0 Å². The number of amides is 2. The van der Waals surface area contributed by atoms with Crippen molar-refractivity contribution in [3.63, 3.8) is 0 Å². The third-order valence-electron chi connectivity index (χ3n) is 1.99. The topological polar surface area (TPSA) is 49.4 Å². The van der Waals surface area contributed by atoms with Gasteiger partial charge in [0.2, 0.25) is 11.8 Å². The Kier molecular flexibility index (Phi) is 5.60. The summed E-state index contributed by atoms with van der Waals surface area (Å²) >= 11 is 0. The zero-order valence-electron chi connectivity index (χ0n) is 9.04. The number of carbonyl (C=O) groups is 2. The molecule has 0 aromatic heterocycles. The monoisotopic (exact) mass is 198 g/mol. The average molecular weight is 198 g/mol. The van der Waals surface area contributed by atoms with Crippen molar-refractivity contribution in [2.75, 3.05) is 13.6 Å². The van der Waals surface area contributed by atoms with Crippen molar-refractivity contribution in [3.8, 4) is 0 Å². The molecule has 0 saturated carbocycles. The van der Waals surface area contributed by atoms with E-state index in [0.717, 1.165) is 0 Å². The first kappa shape index (κ1) is 12.7. The Morgan fingerprint density at radius 1 is 1.50 bits per heavy atom. The smallest absolute Gasteiger partial charge is 0.219 e. The first-order chi connectivity index (χ1) is 6.47. The maximum atomic E-state index is 10.9. The summed E-state index contributed by atoms with van der Waals surface area (Å²) in [6, 6.07) is -0.0608. The lowest BCUT2D eigenvalue weighted by molar-refractivity contribution is -0.127. The number of hydrogen-bond donors (Lipinski definition) is 1. The van der Waals surface area contributed by atoms with E-state index in [1.54, 1.807) is 18.0 Å². The fourth-order valence-corrected chi connectivity index (χ4v) is 1.00. The first-order valence-corrected chi connectivity index (χ1v) is 4.58. The fourth-order valence-electron chi connectivity index (χ4n) is 1.00. The Morgan fingerprint density at radius 3 is 2.43 bits per heavy atom. The van der Waals surface area contributed by atoms with Gasteiger partial charge in [-0.1, -0.05) is 6.08 Å². The van der Waals surface area contributed by atoms with Gasteiger partial charge in [-0.25, -0.2) is 0 Å². The lowest BCUT2D eigenvalue weighted by Crippen LogP contribution is -2.35. The van der Waals surface area contributed by atoms with Crippen LogP contribution in [0, 0.1) is 0 Å². The normalized spacial score (nSPS) is 11.6. The van der Waals surface area contributed by atoms with Crippen LogP contribution < -0.4 is 5.32 Å². The summed E-state index contributed by atoms with van der Waals surface area (Å²) < 4.78 is 0. The van der Waals surface area contributed by atoms with Crippen LogP contribution in [0.5, 0.6) is 0 Å². The number of nitrogens with one attached hydrogen (secondary N) is 1. The third kappa shape index (κ3) is 5.35. The molecule has 0 aliphatic carbocycles. The second kappa shape index (κ2) is 6.18. The SMILES string of the molecule is C=CC(CCN(C)C(C)=O)NC(C)=O. The molecular weight excluding hydrogens is 180 g/mol. The van der Waals surface area contributed by atoms with Gasteiger partial charge in [0.1, 0.15) is 0 Å². The summed E-state index contributed by atoms with van der Waals surface area (Å²) in [4.78, 5) is 23.2. The Balaban J connectivity index is 3.89. The molecule has 0 aromatic carbocycles. The highest BCUT2D eigenvalue weighted by Crippen LogP contribution is 1.96. The van der Waals surface area contributed by atoms with Gasteiger partial charge in [0.15, 0.2) is 0 Å². The fraction of sp³-hybridized carbons (Fsp3) is 0.600. The van der Waals surface area contributed by atoms with E-state index < -0.39 is 0 Å². The predicted molar refractivity (Wildman–Crippen MR) is 55.7 cm³/mol. The molecule has 2 amide bonds. The third-order valence-corrected chi connectivity index (χ3v) is 1.99. The molecular formula is C10H18N2O2. The maximum absolute atomic E-state index is 10.9. The van der Waals surface area contributed by atoms with E-state index in [1.807, 2.05) is 0 Å². The highest BCUT2D eigenvalue weighted by atomic mass is 16.2. The molecule has 1 atom stereocenters. The van der Waals surface area contributed by atoms with E-state index in [-0.39, 0.29) is 17.9 Å². The lowest BCUT2D eigenvalue weighted by atomic mass is 10.2. The molecule has 0 aliphatic rings. The Labute approximate surface area is 85.0 Å². The molecule has 14 heavy (non-hydrogen) atoms.